The Labute approximate surface area is 110 Å². The fourth-order valence-corrected chi connectivity index (χ4v) is 1.67. The van der Waals surface area contributed by atoms with Crippen molar-refractivity contribution >= 4 is 33.5 Å². The molecule has 2 aromatic rings. The minimum atomic E-state index is -1.14. The number of halogens is 1. The first-order valence-corrected chi connectivity index (χ1v) is 5.70. The summed E-state index contributed by atoms with van der Waals surface area (Å²) in [5.41, 5.74) is 0.620. The van der Waals surface area contributed by atoms with Crippen molar-refractivity contribution in [1.29, 1.82) is 0 Å². The van der Waals surface area contributed by atoms with Crippen LogP contribution in [0.4, 0.5) is 5.69 Å². The molecule has 2 heterocycles. The van der Waals surface area contributed by atoms with Crippen LogP contribution in [-0.4, -0.2) is 27.0 Å². The second-order valence-corrected chi connectivity index (χ2v) is 4.34. The fraction of sp³-hybridized carbons (Fsp3) is 0. The van der Waals surface area contributed by atoms with Crippen molar-refractivity contribution in [2.45, 2.75) is 0 Å². The summed E-state index contributed by atoms with van der Waals surface area (Å²) in [7, 11) is 0. The van der Waals surface area contributed by atoms with Crippen LogP contribution in [0.5, 0.6) is 0 Å². The van der Waals surface area contributed by atoms with Gasteiger partial charge in [-0.2, -0.15) is 0 Å². The number of carboxylic acids is 1. The number of H-pyrrole nitrogens is 1. The first-order valence-electron chi connectivity index (χ1n) is 4.91. The van der Waals surface area contributed by atoms with Crippen LogP contribution in [0.3, 0.4) is 0 Å². The van der Waals surface area contributed by atoms with Crippen LogP contribution in [0.2, 0.25) is 0 Å². The minimum absolute atomic E-state index is 0.125. The van der Waals surface area contributed by atoms with Crippen LogP contribution in [-0.2, 0) is 0 Å². The van der Waals surface area contributed by atoms with Crippen molar-refractivity contribution in [3.63, 3.8) is 0 Å². The Balaban J connectivity index is 2.16. The van der Waals surface area contributed by atoms with Gasteiger partial charge in [0.2, 0.25) is 0 Å². The van der Waals surface area contributed by atoms with Gasteiger partial charge in [-0.15, -0.1) is 0 Å². The predicted molar refractivity (Wildman–Crippen MR) is 67.6 cm³/mol. The molecule has 0 aromatic carbocycles. The number of carbonyl (C=O) groups excluding carboxylic acids is 1. The molecule has 0 bridgehead atoms. The van der Waals surface area contributed by atoms with E-state index in [-0.39, 0.29) is 11.6 Å². The maximum atomic E-state index is 11.8. The van der Waals surface area contributed by atoms with E-state index in [9.17, 15) is 9.59 Å². The number of hydrogen-bond donors (Lipinski definition) is 3. The van der Waals surface area contributed by atoms with Crippen LogP contribution < -0.4 is 5.32 Å². The molecule has 92 valence electrons. The molecule has 0 radical (unpaired) electrons. The van der Waals surface area contributed by atoms with Gasteiger partial charge in [-0.1, -0.05) is 0 Å². The topological polar surface area (TPSA) is 95.1 Å². The van der Waals surface area contributed by atoms with E-state index >= 15 is 0 Å². The van der Waals surface area contributed by atoms with E-state index in [0.717, 1.165) is 4.47 Å². The predicted octanol–water partition coefficient (Wildman–Crippen LogP) is 2.12. The number of aromatic amines is 1. The van der Waals surface area contributed by atoms with Crippen molar-refractivity contribution in [3.05, 3.63) is 46.5 Å². The van der Waals surface area contributed by atoms with Crippen LogP contribution in [0.15, 0.2) is 35.1 Å². The SMILES string of the molecule is O=C(O)c1cc(NC(=O)c2cc(Br)c[nH]2)ccn1. The van der Waals surface area contributed by atoms with E-state index in [0.29, 0.717) is 11.4 Å². The standard InChI is InChI=1S/C11H8BrN3O3/c12-6-3-8(14-5-6)10(16)15-7-1-2-13-9(4-7)11(17)18/h1-5,14H,(H,17,18)(H,13,15,16). The smallest absolute Gasteiger partial charge is 0.354 e. The first-order chi connectivity index (χ1) is 8.56. The molecule has 0 saturated heterocycles. The van der Waals surface area contributed by atoms with Crippen molar-refractivity contribution in [1.82, 2.24) is 9.97 Å². The van der Waals surface area contributed by atoms with Gasteiger partial charge >= 0.3 is 5.97 Å². The third-order valence-corrected chi connectivity index (χ3v) is 2.59. The summed E-state index contributed by atoms with van der Waals surface area (Å²) in [6.45, 7) is 0. The molecule has 2 aromatic heterocycles. The Bertz CT molecular complexity index is 609. The van der Waals surface area contributed by atoms with E-state index in [2.05, 4.69) is 31.2 Å². The van der Waals surface area contributed by atoms with Crippen LogP contribution in [0.1, 0.15) is 21.0 Å². The lowest BCUT2D eigenvalue weighted by Crippen LogP contribution is -2.13. The number of carbonyl (C=O) groups is 2. The number of nitrogens with zero attached hydrogens (tertiary/aromatic N) is 1. The zero-order chi connectivity index (χ0) is 13.1. The Kier molecular flexibility index (Phi) is 3.42. The van der Waals surface area contributed by atoms with Crippen LogP contribution in [0.25, 0.3) is 0 Å². The zero-order valence-electron chi connectivity index (χ0n) is 8.98. The van der Waals surface area contributed by atoms with Gasteiger partial charge in [-0.3, -0.25) is 4.79 Å². The van der Waals surface area contributed by atoms with Crippen LogP contribution in [0, 0.1) is 0 Å². The second kappa shape index (κ2) is 5.01. The molecule has 18 heavy (non-hydrogen) atoms. The number of pyridine rings is 1. The van der Waals surface area contributed by atoms with Crippen molar-refractivity contribution in [2.24, 2.45) is 0 Å². The van der Waals surface area contributed by atoms with E-state index in [1.807, 2.05) is 0 Å². The number of rotatable bonds is 3. The highest BCUT2D eigenvalue weighted by Gasteiger charge is 2.10. The van der Waals surface area contributed by atoms with Gasteiger partial charge in [0, 0.05) is 22.6 Å². The molecular weight excluding hydrogens is 302 g/mol. The highest BCUT2D eigenvalue weighted by atomic mass is 79.9. The number of nitrogens with one attached hydrogen (secondary N) is 2. The summed E-state index contributed by atoms with van der Waals surface area (Å²) in [5.74, 6) is -1.50. The molecule has 7 heteroatoms. The number of amides is 1. The molecule has 2 rings (SSSR count). The summed E-state index contributed by atoms with van der Waals surface area (Å²) in [5, 5.41) is 11.3. The number of hydrogen-bond acceptors (Lipinski definition) is 3. The molecule has 0 saturated carbocycles. The molecule has 0 aliphatic carbocycles. The third-order valence-electron chi connectivity index (χ3n) is 2.13. The van der Waals surface area contributed by atoms with Gasteiger partial charge in [0.25, 0.3) is 5.91 Å². The Hall–Kier alpha value is -2.15. The number of carboxylic acid groups (broad SMARTS) is 1. The van der Waals surface area contributed by atoms with Gasteiger partial charge < -0.3 is 15.4 Å². The molecule has 0 fully saturated rings. The average molecular weight is 310 g/mol. The van der Waals surface area contributed by atoms with Gasteiger partial charge in [0.15, 0.2) is 0 Å². The molecule has 0 atom stereocenters. The number of aromatic nitrogens is 2. The summed E-state index contributed by atoms with van der Waals surface area (Å²) in [4.78, 5) is 28.9. The molecule has 0 spiro atoms. The lowest BCUT2D eigenvalue weighted by atomic mass is 10.3. The maximum absolute atomic E-state index is 11.8. The molecule has 6 nitrogen and oxygen atoms in total. The minimum Gasteiger partial charge on any atom is -0.477 e. The fourth-order valence-electron chi connectivity index (χ4n) is 1.32. The Morgan fingerprint density at radius 2 is 2.17 bits per heavy atom. The highest BCUT2D eigenvalue weighted by Crippen LogP contribution is 2.13. The second-order valence-electron chi connectivity index (χ2n) is 3.42. The maximum Gasteiger partial charge on any atom is 0.354 e. The van der Waals surface area contributed by atoms with Crippen molar-refractivity contribution < 1.29 is 14.7 Å². The normalized spacial score (nSPS) is 10.1. The third kappa shape index (κ3) is 2.75. The zero-order valence-corrected chi connectivity index (χ0v) is 10.6. The molecule has 0 aliphatic rings. The Morgan fingerprint density at radius 3 is 2.78 bits per heavy atom. The lowest BCUT2D eigenvalue weighted by Gasteiger charge is -2.03. The summed E-state index contributed by atoms with van der Waals surface area (Å²) in [6, 6.07) is 4.43. The quantitative estimate of drug-likeness (QED) is 0.809. The van der Waals surface area contributed by atoms with E-state index in [4.69, 9.17) is 5.11 Å². The van der Waals surface area contributed by atoms with Crippen molar-refractivity contribution in [3.8, 4) is 0 Å². The monoisotopic (exact) mass is 309 g/mol. The molecule has 1 amide bonds. The van der Waals surface area contributed by atoms with Gasteiger partial charge in [0.05, 0.1) is 0 Å². The number of aromatic carboxylic acids is 1. The molecule has 0 unspecified atom stereocenters. The summed E-state index contributed by atoms with van der Waals surface area (Å²) in [6.07, 6.45) is 2.95. The van der Waals surface area contributed by atoms with Gasteiger partial charge in [-0.25, -0.2) is 9.78 Å². The number of anilines is 1. The summed E-state index contributed by atoms with van der Waals surface area (Å²) >= 11 is 3.22. The molecule has 0 aliphatic heterocycles. The van der Waals surface area contributed by atoms with E-state index in [1.54, 1.807) is 12.3 Å². The van der Waals surface area contributed by atoms with Crippen molar-refractivity contribution in [2.75, 3.05) is 5.32 Å². The summed E-state index contributed by atoms with van der Waals surface area (Å²) < 4.78 is 0.758. The van der Waals surface area contributed by atoms with Gasteiger partial charge in [0.1, 0.15) is 11.4 Å². The highest BCUT2D eigenvalue weighted by molar-refractivity contribution is 9.10. The van der Waals surface area contributed by atoms with Gasteiger partial charge in [-0.05, 0) is 34.1 Å². The Morgan fingerprint density at radius 1 is 1.39 bits per heavy atom. The largest absolute Gasteiger partial charge is 0.477 e. The van der Waals surface area contributed by atoms with E-state index < -0.39 is 5.97 Å². The molecule has 3 N–H and O–H groups in total. The molecular formula is C11H8BrN3O3. The first kappa shape index (κ1) is 12.3. The van der Waals surface area contributed by atoms with Crippen LogP contribution >= 0.6 is 15.9 Å². The average Bonchev–Trinajstić information content (AvgIpc) is 2.76. The lowest BCUT2D eigenvalue weighted by molar-refractivity contribution is 0.0690. The van der Waals surface area contributed by atoms with E-state index in [1.165, 1.54) is 18.3 Å².